The molecule has 3 fully saturated rings. The van der Waals surface area contributed by atoms with Gasteiger partial charge in [0.05, 0.1) is 34.6 Å². The van der Waals surface area contributed by atoms with E-state index < -0.39 is 17.5 Å². The molecule has 3 heterocycles. The highest BCUT2D eigenvalue weighted by molar-refractivity contribution is 6.16. The molecule has 1 atom stereocenters. The third kappa shape index (κ3) is 2.58. The number of ether oxygens (including phenoxy) is 2. The van der Waals surface area contributed by atoms with Crippen LogP contribution in [0.4, 0.5) is 21.9 Å². The molecule has 8 heteroatoms. The molecule has 1 saturated carbocycles. The predicted molar refractivity (Wildman–Crippen MR) is 119 cm³/mol. The summed E-state index contributed by atoms with van der Waals surface area (Å²) in [6.07, 6.45) is 1.93. The first-order valence-electron chi connectivity index (χ1n) is 11.2. The van der Waals surface area contributed by atoms with Gasteiger partial charge in [0.1, 0.15) is 6.61 Å². The van der Waals surface area contributed by atoms with Crippen LogP contribution in [0.3, 0.4) is 0 Å². The van der Waals surface area contributed by atoms with Gasteiger partial charge in [-0.1, -0.05) is 18.2 Å². The standard InChI is InChI=1S/C25H24N2O6/c1-15-17(21(28)29)12-16(13-20(15)26-8-11-33-23(26)31)27-19-5-3-2-4-18(19)25(22(27)30)14-24(25)6-9-32-10-7-24/h2-5,12-13H,6-11,14H2,1H3,(H,28,29)/t25-/m0/s1. The van der Waals surface area contributed by atoms with Crippen LogP contribution in [0.25, 0.3) is 0 Å². The van der Waals surface area contributed by atoms with Crippen LogP contribution in [0.1, 0.15) is 40.7 Å². The quantitative estimate of drug-likeness (QED) is 0.768. The number of cyclic esters (lactones) is 1. The summed E-state index contributed by atoms with van der Waals surface area (Å²) in [5, 5.41) is 9.89. The van der Waals surface area contributed by atoms with E-state index in [1.807, 2.05) is 24.3 Å². The summed E-state index contributed by atoms with van der Waals surface area (Å²) >= 11 is 0. The highest BCUT2D eigenvalue weighted by Crippen LogP contribution is 2.74. The number of fused-ring (bicyclic) bond motifs is 3. The second-order valence-corrected chi connectivity index (χ2v) is 9.34. The maximum absolute atomic E-state index is 14.1. The molecule has 0 unspecified atom stereocenters. The predicted octanol–water partition coefficient (Wildman–Crippen LogP) is 3.77. The molecule has 33 heavy (non-hydrogen) atoms. The monoisotopic (exact) mass is 448 g/mol. The zero-order chi connectivity index (χ0) is 23.0. The Kier molecular flexibility index (Phi) is 4.17. The van der Waals surface area contributed by atoms with Gasteiger partial charge in [-0.25, -0.2) is 9.59 Å². The Morgan fingerprint density at radius 1 is 1.06 bits per heavy atom. The lowest BCUT2D eigenvalue weighted by Crippen LogP contribution is -2.35. The van der Waals surface area contributed by atoms with E-state index in [0.717, 1.165) is 30.5 Å². The van der Waals surface area contributed by atoms with Crippen molar-refractivity contribution in [2.75, 3.05) is 36.2 Å². The van der Waals surface area contributed by atoms with Crippen LogP contribution in [-0.2, 0) is 19.7 Å². The first-order valence-corrected chi connectivity index (χ1v) is 11.2. The molecular weight excluding hydrogens is 424 g/mol. The fourth-order valence-corrected chi connectivity index (χ4v) is 6.14. The lowest BCUT2D eigenvalue weighted by Gasteiger charge is -2.27. The maximum Gasteiger partial charge on any atom is 0.414 e. The lowest BCUT2D eigenvalue weighted by molar-refractivity contribution is -0.121. The number of benzene rings is 2. The summed E-state index contributed by atoms with van der Waals surface area (Å²) in [5.41, 5.74) is 2.49. The van der Waals surface area contributed by atoms with Crippen LogP contribution in [0.2, 0.25) is 0 Å². The second kappa shape index (κ2) is 6.81. The van der Waals surface area contributed by atoms with Gasteiger partial charge in [-0.2, -0.15) is 0 Å². The van der Waals surface area contributed by atoms with E-state index in [9.17, 15) is 19.5 Å². The number of carbonyl (C=O) groups excluding carboxylic acids is 2. The molecule has 0 bridgehead atoms. The Labute approximate surface area is 190 Å². The third-order valence-corrected chi connectivity index (χ3v) is 7.91. The van der Waals surface area contributed by atoms with E-state index in [1.165, 1.54) is 11.0 Å². The number of carbonyl (C=O) groups is 3. The number of aromatic carboxylic acids is 1. The van der Waals surface area contributed by atoms with Gasteiger partial charge in [0.15, 0.2) is 0 Å². The Balaban J connectivity index is 1.51. The number of carboxylic acids is 1. The van der Waals surface area contributed by atoms with Crippen LogP contribution in [-0.4, -0.2) is 49.4 Å². The van der Waals surface area contributed by atoms with Crippen molar-refractivity contribution in [2.45, 2.75) is 31.6 Å². The summed E-state index contributed by atoms with van der Waals surface area (Å²) in [4.78, 5) is 41.6. The number of hydrogen-bond acceptors (Lipinski definition) is 5. The number of nitrogens with zero attached hydrogens (tertiary/aromatic N) is 2. The van der Waals surface area contributed by atoms with Crippen molar-refractivity contribution in [1.82, 2.24) is 0 Å². The molecule has 170 valence electrons. The zero-order valence-corrected chi connectivity index (χ0v) is 18.3. The van der Waals surface area contributed by atoms with Gasteiger partial charge in [-0.15, -0.1) is 0 Å². The Hall–Kier alpha value is -3.39. The van der Waals surface area contributed by atoms with E-state index in [-0.39, 0.29) is 23.5 Å². The number of carboxylic acid groups (broad SMARTS) is 1. The minimum Gasteiger partial charge on any atom is -0.478 e. The smallest absolute Gasteiger partial charge is 0.414 e. The molecule has 8 nitrogen and oxygen atoms in total. The topological polar surface area (TPSA) is 96.4 Å². The average Bonchev–Trinajstić information content (AvgIpc) is 3.09. The SMILES string of the molecule is Cc1c(C(=O)O)cc(N2C(=O)[C@]3(CC34CCOCC4)c3ccccc32)cc1N1CCOC1=O. The molecule has 2 amide bonds. The van der Waals surface area contributed by atoms with E-state index in [4.69, 9.17) is 9.47 Å². The van der Waals surface area contributed by atoms with Crippen LogP contribution in [0, 0.1) is 12.3 Å². The molecule has 0 radical (unpaired) electrons. The Morgan fingerprint density at radius 2 is 1.82 bits per heavy atom. The minimum absolute atomic E-state index is 0.0271. The summed E-state index contributed by atoms with van der Waals surface area (Å²) < 4.78 is 10.7. The van der Waals surface area contributed by atoms with E-state index in [0.29, 0.717) is 36.7 Å². The molecule has 2 saturated heterocycles. The highest BCUT2D eigenvalue weighted by Gasteiger charge is 2.76. The van der Waals surface area contributed by atoms with Gasteiger partial charge in [0.2, 0.25) is 5.91 Å². The number of anilines is 3. The third-order valence-electron chi connectivity index (χ3n) is 7.91. The number of amides is 2. The fraction of sp³-hybridized carbons (Fsp3) is 0.400. The minimum atomic E-state index is -1.11. The van der Waals surface area contributed by atoms with Crippen LogP contribution in [0.15, 0.2) is 36.4 Å². The van der Waals surface area contributed by atoms with Crippen molar-refractivity contribution >= 4 is 35.0 Å². The molecule has 2 aromatic rings. The molecule has 1 N–H and O–H groups in total. The average molecular weight is 448 g/mol. The largest absolute Gasteiger partial charge is 0.478 e. The van der Waals surface area contributed by atoms with Crippen molar-refractivity contribution in [2.24, 2.45) is 5.41 Å². The summed E-state index contributed by atoms with van der Waals surface area (Å²) in [7, 11) is 0. The Morgan fingerprint density at radius 3 is 2.52 bits per heavy atom. The normalized spacial score (nSPS) is 25.0. The van der Waals surface area contributed by atoms with E-state index in [1.54, 1.807) is 17.9 Å². The van der Waals surface area contributed by atoms with Crippen molar-refractivity contribution in [3.63, 3.8) is 0 Å². The van der Waals surface area contributed by atoms with Gasteiger partial charge >= 0.3 is 12.1 Å². The van der Waals surface area contributed by atoms with Crippen molar-refractivity contribution in [1.29, 1.82) is 0 Å². The molecule has 3 aliphatic heterocycles. The van der Waals surface area contributed by atoms with Gasteiger partial charge < -0.3 is 14.6 Å². The van der Waals surface area contributed by atoms with Gasteiger partial charge in [0, 0.05) is 13.2 Å². The summed E-state index contributed by atoms with van der Waals surface area (Å²) in [6, 6.07) is 11.0. The highest BCUT2D eigenvalue weighted by atomic mass is 16.6. The molecule has 2 spiro atoms. The van der Waals surface area contributed by atoms with E-state index >= 15 is 0 Å². The number of hydrogen-bond donors (Lipinski definition) is 1. The first-order chi connectivity index (χ1) is 15.9. The lowest BCUT2D eigenvalue weighted by atomic mass is 9.82. The molecular formula is C25H24N2O6. The number of para-hydroxylation sites is 1. The van der Waals surface area contributed by atoms with Gasteiger partial charge in [0.25, 0.3) is 0 Å². The van der Waals surface area contributed by atoms with Crippen LogP contribution >= 0.6 is 0 Å². The van der Waals surface area contributed by atoms with Crippen LogP contribution in [0.5, 0.6) is 0 Å². The zero-order valence-electron chi connectivity index (χ0n) is 18.3. The molecule has 2 aromatic carbocycles. The van der Waals surface area contributed by atoms with Gasteiger partial charge in [-0.05, 0) is 60.9 Å². The molecule has 1 aliphatic carbocycles. The maximum atomic E-state index is 14.1. The number of rotatable bonds is 3. The summed E-state index contributed by atoms with van der Waals surface area (Å²) in [6.45, 7) is 3.54. The van der Waals surface area contributed by atoms with Crippen molar-refractivity contribution in [3.05, 3.63) is 53.1 Å². The molecule has 6 rings (SSSR count). The Bertz CT molecular complexity index is 1220. The van der Waals surface area contributed by atoms with Crippen LogP contribution < -0.4 is 9.80 Å². The fourth-order valence-electron chi connectivity index (χ4n) is 6.14. The first kappa shape index (κ1) is 20.2. The van der Waals surface area contributed by atoms with Crippen molar-refractivity contribution < 1.29 is 29.0 Å². The van der Waals surface area contributed by atoms with Gasteiger partial charge in [-0.3, -0.25) is 14.6 Å². The molecule has 4 aliphatic rings. The molecule has 0 aromatic heterocycles. The van der Waals surface area contributed by atoms with Crippen molar-refractivity contribution in [3.8, 4) is 0 Å². The summed E-state index contributed by atoms with van der Waals surface area (Å²) in [5.74, 6) is -1.13. The van der Waals surface area contributed by atoms with E-state index in [2.05, 4.69) is 0 Å². The second-order valence-electron chi connectivity index (χ2n) is 9.34.